The van der Waals surface area contributed by atoms with Gasteiger partial charge in [0, 0.05) is 5.30 Å². The van der Waals surface area contributed by atoms with Crippen molar-refractivity contribution in [1.29, 1.82) is 0 Å². The second kappa shape index (κ2) is 5.12. The molecule has 0 bridgehead atoms. The van der Waals surface area contributed by atoms with E-state index in [2.05, 4.69) is 13.5 Å². The normalized spacial score (nSPS) is 28.8. The predicted molar refractivity (Wildman–Crippen MR) is 88.2 cm³/mol. The minimum atomic E-state index is -2.82. The summed E-state index contributed by atoms with van der Waals surface area (Å²) in [5, 5.41) is 0.958. The summed E-state index contributed by atoms with van der Waals surface area (Å²) in [4.78, 5) is 0. The number of benzene rings is 1. The predicted octanol–water partition coefficient (Wildman–Crippen LogP) is 7.23. The molecule has 1 unspecified atom stereocenters. The van der Waals surface area contributed by atoms with Crippen LogP contribution in [0, 0.1) is 6.92 Å². The Morgan fingerprint density at radius 2 is 1.33 bits per heavy atom. The number of hydrogen-bond donors (Lipinski definition) is 0. The van der Waals surface area contributed by atoms with Crippen LogP contribution in [0.2, 0.25) is 0 Å². The fraction of sp³-hybridized carbons (Fsp3) is 0.250. The van der Waals surface area contributed by atoms with Gasteiger partial charge in [0.1, 0.15) is 7.21 Å². The van der Waals surface area contributed by atoms with Crippen LogP contribution in [-0.4, -0.2) is 6.66 Å². The molecular weight excluding hydrogens is 373 g/mol. The van der Waals surface area contributed by atoms with Crippen molar-refractivity contribution in [3.8, 4) is 0 Å². The summed E-state index contributed by atoms with van der Waals surface area (Å²) < 4.78 is 12.8. The van der Waals surface area contributed by atoms with Gasteiger partial charge in [-0.15, -0.1) is 0 Å². The number of halogens is 4. The highest BCUT2D eigenvalue weighted by atomic mass is 35.9. The van der Waals surface area contributed by atoms with Gasteiger partial charge in [-0.25, -0.2) is 9.03 Å². The monoisotopic (exact) mass is 381 g/mol. The maximum Gasteiger partial charge on any atom is 0.255 e. The third kappa shape index (κ3) is 3.58. The summed E-state index contributed by atoms with van der Waals surface area (Å²) in [5.74, 6) is -5.64. The first-order valence-electron chi connectivity index (χ1n) is 4.87. The third-order valence-electron chi connectivity index (χ3n) is 2.30. The van der Waals surface area contributed by atoms with E-state index in [1.54, 1.807) is 0 Å². The van der Waals surface area contributed by atoms with Crippen molar-refractivity contribution < 1.29 is 0 Å². The van der Waals surface area contributed by atoms with Crippen molar-refractivity contribution in [2.24, 2.45) is 13.5 Å². The van der Waals surface area contributed by atoms with Gasteiger partial charge >= 0.3 is 0 Å². The maximum absolute atomic E-state index is 6.09. The lowest BCUT2D eigenvalue weighted by atomic mass is 10.2. The Balaban J connectivity index is 2.70. The lowest BCUT2D eigenvalue weighted by Crippen LogP contribution is -2.01. The number of hydrogen-bond acceptors (Lipinski definition) is 3. The molecule has 1 atom stereocenters. The van der Waals surface area contributed by atoms with Gasteiger partial charge in [-0.3, -0.25) is 0 Å². The van der Waals surface area contributed by atoms with E-state index in [0.717, 1.165) is 10.9 Å². The van der Waals surface area contributed by atoms with E-state index >= 15 is 0 Å². The molecule has 1 aliphatic heterocycles. The molecule has 0 saturated carbocycles. The summed E-state index contributed by atoms with van der Waals surface area (Å²) >= 11 is 24.4. The van der Waals surface area contributed by atoms with Crippen molar-refractivity contribution >= 4 is 69.3 Å². The van der Waals surface area contributed by atoms with Gasteiger partial charge in [0.05, 0.1) is 0 Å². The Hall–Kier alpha value is 1.07. The lowest BCUT2D eigenvalue weighted by molar-refractivity contribution is 1.49. The molecule has 1 aromatic rings. The summed E-state index contributed by atoms with van der Waals surface area (Å²) in [6.07, 6.45) is 0. The van der Waals surface area contributed by atoms with Crippen LogP contribution < -0.4 is 5.30 Å². The second-order valence-electron chi connectivity index (χ2n) is 3.93. The van der Waals surface area contributed by atoms with Crippen LogP contribution in [0.3, 0.4) is 0 Å². The van der Waals surface area contributed by atoms with Gasteiger partial charge in [-0.1, -0.05) is 29.8 Å². The van der Waals surface area contributed by atoms with Gasteiger partial charge in [-0.05, 0) is 58.6 Å². The zero-order valence-corrected chi connectivity index (χ0v) is 15.2. The molecule has 0 fully saturated rings. The van der Waals surface area contributed by atoms with Crippen molar-refractivity contribution in [2.75, 3.05) is 6.66 Å². The molecule has 0 N–H and O–H groups in total. The summed E-state index contributed by atoms with van der Waals surface area (Å²) in [5.41, 5.74) is 1.16. The van der Waals surface area contributed by atoms with Crippen LogP contribution in [0.15, 0.2) is 37.8 Å². The van der Waals surface area contributed by atoms with Crippen LogP contribution in [0.25, 0.3) is 0 Å². The van der Waals surface area contributed by atoms with E-state index in [1.807, 2.05) is 37.9 Å². The molecular formula is C8H10Cl4N3P3. The molecule has 3 nitrogen and oxygen atoms in total. The molecule has 1 aromatic carbocycles. The first-order chi connectivity index (χ1) is 8.12. The van der Waals surface area contributed by atoms with Crippen molar-refractivity contribution in [1.82, 2.24) is 0 Å². The van der Waals surface area contributed by atoms with Crippen LogP contribution in [0.5, 0.6) is 0 Å². The minimum Gasteiger partial charge on any atom is -0.209 e. The van der Waals surface area contributed by atoms with E-state index in [9.17, 15) is 0 Å². The first-order valence-corrected chi connectivity index (χ1v) is 14.0. The SMILES string of the molecule is Cc1ccc(P2(C)=NP(Cl)(Cl)=NP(Cl)(Cl)=N2)cc1. The fourth-order valence-corrected chi connectivity index (χ4v) is 18.4. The van der Waals surface area contributed by atoms with Gasteiger partial charge in [0.2, 0.25) is 0 Å². The van der Waals surface area contributed by atoms with Crippen LogP contribution >= 0.6 is 64.0 Å². The second-order valence-corrected chi connectivity index (χ2v) is 16.9. The highest BCUT2D eigenvalue weighted by Gasteiger charge is 2.31. The average molecular weight is 383 g/mol. The molecule has 10 heteroatoms. The van der Waals surface area contributed by atoms with Gasteiger partial charge in [0.15, 0.2) is 0 Å². The Morgan fingerprint density at radius 1 is 0.833 bits per heavy atom. The van der Waals surface area contributed by atoms with E-state index in [-0.39, 0.29) is 0 Å². The molecule has 0 amide bonds. The molecule has 1 aliphatic rings. The summed E-state index contributed by atoms with van der Waals surface area (Å²) in [7, 11) is -2.25. The molecule has 0 radical (unpaired) electrons. The smallest absolute Gasteiger partial charge is 0.209 e. The quantitative estimate of drug-likeness (QED) is 0.459. The maximum atomic E-state index is 6.09. The molecule has 2 rings (SSSR count). The number of nitrogens with zero attached hydrogens (tertiary/aromatic N) is 3. The van der Waals surface area contributed by atoms with E-state index < -0.39 is 19.0 Å². The summed E-state index contributed by atoms with van der Waals surface area (Å²) in [6.45, 7) is 3.90. The zero-order chi connectivity index (χ0) is 13.6. The molecule has 0 aliphatic carbocycles. The summed E-state index contributed by atoms with van der Waals surface area (Å²) in [6, 6.07) is 7.90. The molecule has 0 aromatic heterocycles. The molecule has 1 heterocycles. The highest BCUT2D eigenvalue weighted by Crippen LogP contribution is 2.84. The minimum absolute atomic E-state index is 0.958. The van der Waals surface area contributed by atoms with Crippen LogP contribution in [0.4, 0.5) is 0 Å². The van der Waals surface area contributed by atoms with Crippen molar-refractivity contribution in [3.05, 3.63) is 29.8 Å². The molecule has 18 heavy (non-hydrogen) atoms. The standard InChI is InChI=1S/C8H10Cl4N3P3/c1-7-3-5-8(6-4-7)16(2)13-17(9,10)15-18(11,12)14-16/h3-6H,1-2H3. The lowest BCUT2D eigenvalue weighted by Gasteiger charge is -2.24. The molecule has 100 valence electrons. The van der Waals surface area contributed by atoms with Crippen molar-refractivity contribution in [2.45, 2.75) is 6.92 Å². The first kappa shape index (κ1) is 15.5. The van der Waals surface area contributed by atoms with Crippen molar-refractivity contribution in [3.63, 3.8) is 0 Å². The van der Waals surface area contributed by atoms with E-state index in [4.69, 9.17) is 45.0 Å². The van der Waals surface area contributed by atoms with Gasteiger partial charge in [0.25, 0.3) is 11.8 Å². The fourth-order valence-electron chi connectivity index (χ4n) is 1.53. The molecule has 0 saturated heterocycles. The van der Waals surface area contributed by atoms with Crippen LogP contribution in [-0.2, 0) is 0 Å². The third-order valence-corrected chi connectivity index (χ3v) is 14.7. The van der Waals surface area contributed by atoms with E-state index in [1.165, 1.54) is 0 Å². The van der Waals surface area contributed by atoms with Gasteiger partial charge in [-0.2, -0.15) is 4.52 Å². The topological polar surface area (TPSA) is 37.1 Å². The van der Waals surface area contributed by atoms with E-state index in [0.29, 0.717) is 0 Å². The molecule has 0 spiro atoms. The van der Waals surface area contributed by atoms with Crippen LogP contribution in [0.1, 0.15) is 5.56 Å². The Labute approximate surface area is 126 Å². The highest BCUT2D eigenvalue weighted by molar-refractivity contribution is 8.21. The Bertz CT molecular complexity index is 633. The Kier molecular flexibility index (Phi) is 4.40. The Morgan fingerprint density at radius 3 is 1.83 bits per heavy atom. The average Bonchev–Trinajstić information content (AvgIpc) is 2.12. The number of aryl methyl sites for hydroxylation is 1. The number of rotatable bonds is 1. The zero-order valence-electron chi connectivity index (χ0n) is 9.50. The van der Waals surface area contributed by atoms with Gasteiger partial charge < -0.3 is 0 Å². The largest absolute Gasteiger partial charge is 0.255 e.